The van der Waals surface area contributed by atoms with Gasteiger partial charge in [-0.25, -0.2) is 14.6 Å². The SMILES string of the molecule is O=C(Cc1cccc2ccccc12)NNc1ncnc2c1cnn2-c1ccc(Cl)c(Cl)c1. The zero-order chi connectivity index (χ0) is 22.1. The number of hydrogen-bond donors (Lipinski definition) is 2. The van der Waals surface area contributed by atoms with Crippen LogP contribution < -0.4 is 10.9 Å². The number of hydrogen-bond acceptors (Lipinski definition) is 5. The van der Waals surface area contributed by atoms with Gasteiger partial charge >= 0.3 is 0 Å². The summed E-state index contributed by atoms with van der Waals surface area (Å²) < 4.78 is 1.63. The van der Waals surface area contributed by atoms with Crippen molar-refractivity contribution in [2.45, 2.75) is 6.42 Å². The van der Waals surface area contributed by atoms with E-state index in [2.05, 4.69) is 25.9 Å². The van der Waals surface area contributed by atoms with Crippen LogP contribution in [0.25, 0.3) is 27.5 Å². The molecular weight excluding hydrogens is 447 g/mol. The summed E-state index contributed by atoms with van der Waals surface area (Å²) in [4.78, 5) is 21.2. The Balaban J connectivity index is 1.36. The average Bonchev–Trinajstić information content (AvgIpc) is 3.25. The highest BCUT2D eigenvalue weighted by molar-refractivity contribution is 6.42. The van der Waals surface area contributed by atoms with Crippen LogP contribution >= 0.6 is 23.2 Å². The van der Waals surface area contributed by atoms with Crippen LogP contribution in [0.15, 0.2) is 73.2 Å². The minimum Gasteiger partial charge on any atom is -0.281 e. The fourth-order valence-corrected chi connectivity index (χ4v) is 3.83. The van der Waals surface area contributed by atoms with Crippen molar-refractivity contribution in [2.75, 3.05) is 5.43 Å². The summed E-state index contributed by atoms with van der Waals surface area (Å²) in [5, 5.41) is 8.05. The molecule has 32 heavy (non-hydrogen) atoms. The van der Waals surface area contributed by atoms with Gasteiger partial charge in [-0.3, -0.25) is 15.6 Å². The number of benzene rings is 3. The second-order valence-electron chi connectivity index (χ2n) is 7.10. The summed E-state index contributed by atoms with van der Waals surface area (Å²) in [6.07, 6.45) is 3.25. The highest BCUT2D eigenvalue weighted by atomic mass is 35.5. The number of amides is 1. The maximum absolute atomic E-state index is 12.6. The Morgan fingerprint density at radius 1 is 0.938 bits per heavy atom. The van der Waals surface area contributed by atoms with E-state index in [1.54, 1.807) is 29.1 Å². The average molecular weight is 463 g/mol. The van der Waals surface area contributed by atoms with Crippen LogP contribution in [0, 0.1) is 0 Å². The predicted octanol–water partition coefficient (Wildman–Crippen LogP) is 4.96. The van der Waals surface area contributed by atoms with Crippen LogP contribution in [0.5, 0.6) is 0 Å². The van der Waals surface area contributed by atoms with Crippen molar-refractivity contribution in [2.24, 2.45) is 0 Å². The van der Waals surface area contributed by atoms with Gasteiger partial charge in [0.15, 0.2) is 11.5 Å². The van der Waals surface area contributed by atoms with Gasteiger partial charge in [-0.2, -0.15) is 5.10 Å². The zero-order valence-electron chi connectivity index (χ0n) is 16.6. The van der Waals surface area contributed by atoms with Crippen molar-refractivity contribution >= 4 is 56.7 Å². The van der Waals surface area contributed by atoms with Crippen LogP contribution in [0.3, 0.4) is 0 Å². The topological polar surface area (TPSA) is 84.7 Å². The molecule has 9 heteroatoms. The monoisotopic (exact) mass is 462 g/mol. The molecular formula is C23H16Cl2N6O. The number of aromatic nitrogens is 4. The maximum atomic E-state index is 12.6. The van der Waals surface area contributed by atoms with Gasteiger partial charge in [0, 0.05) is 0 Å². The predicted molar refractivity (Wildman–Crippen MR) is 126 cm³/mol. The smallest absolute Gasteiger partial charge is 0.242 e. The number of nitrogens with zero attached hydrogens (tertiary/aromatic N) is 4. The number of carbonyl (C=O) groups excluding carboxylic acids is 1. The fraction of sp³-hybridized carbons (Fsp3) is 0.0435. The molecule has 7 nitrogen and oxygen atoms in total. The van der Waals surface area contributed by atoms with Gasteiger partial charge < -0.3 is 0 Å². The molecule has 2 heterocycles. The lowest BCUT2D eigenvalue weighted by Crippen LogP contribution is -2.31. The Labute approximate surface area is 193 Å². The van der Waals surface area contributed by atoms with Crippen LogP contribution in [0.2, 0.25) is 10.0 Å². The molecule has 0 saturated heterocycles. The van der Waals surface area contributed by atoms with E-state index < -0.39 is 0 Å². The molecule has 3 aromatic carbocycles. The van der Waals surface area contributed by atoms with Crippen molar-refractivity contribution in [3.63, 3.8) is 0 Å². The first-order valence-corrected chi connectivity index (χ1v) is 10.5. The van der Waals surface area contributed by atoms with Crippen LogP contribution in [0.4, 0.5) is 5.82 Å². The van der Waals surface area contributed by atoms with Gasteiger partial charge in [0.2, 0.25) is 5.91 Å². The Morgan fingerprint density at radius 3 is 2.66 bits per heavy atom. The minimum absolute atomic E-state index is 0.190. The van der Waals surface area contributed by atoms with E-state index in [-0.39, 0.29) is 12.3 Å². The van der Waals surface area contributed by atoms with Gasteiger partial charge in [-0.15, -0.1) is 0 Å². The molecule has 2 N–H and O–H groups in total. The Kier molecular flexibility index (Phi) is 5.34. The van der Waals surface area contributed by atoms with Crippen molar-refractivity contribution in [3.05, 3.63) is 88.8 Å². The summed E-state index contributed by atoms with van der Waals surface area (Å²) in [6.45, 7) is 0. The van der Waals surface area contributed by atoms with E-state index in [1.165, 1.54) is 6.33 Å². The molecule has 0 spiro atoms. The van der Waals surface area contributed by atoms with Crippen molar-refractivity contribution in [1.29, 1.82) is 0 Å². The van der Waals surface area contributed by atoms with Crippen LogP contribution in [-0.4, -0.2) is 25.7 Å². The van der Waals surface area contributed by atoms with Crippen molar-refractivity contribution < 1.29 is 4.79 Å². The van der Waals surface area contributed by atoms with E-state index in [4.69, 9.17) is 23.2 Å². The number of anilines is 1. The first-order chi connectivity index (χ1) is 15.6. The summed E-state index contributed by atoms with van der Waals surface area (Å²) >= 11 is 12.1. The fourth-order valence-electron chi connectivity index (χ4n) is 3.54. The van der Waals surface area contributed by atoms with Gasteiger partial charge in [-0.05, 0) is 34.5 Å². The quantitative estimate of drug-likeness (QED) is 0.360. The van der Waals surface area contributed by atoms with Gasteiger partial charge in [0.1, 0.15) is 6.33 Å². The lowest BCUT2D eigenvalue weighted by molar-refractivity contribution is -0.119. The molecule has 0 aliphatic carbocycles. The summed E-state index contributed by atoms with van der Waals surface area (Å²) in [5.41, 5.74) is 7.82. The normalized spacial score (nSPS) is 11.1. The lowest BCUT2D eigenvalue weighted by atomic mass is 10.0. The number of hydrazine groups is 1. The molecule has 0 bridgehead atoms. The molecule has 0 atom stereocenters. The number of rotatable bonds is 5. The van der Waals surface area contributed by atoms with E-state index in [1.807, 2.05) is 42.5 Å². The molecule has 0 unspecified atom stereocenters. The second kappa shape index (κ2) is 8.45. The summed E-state index contributed by atoms with van der Waals surface area (Å²) in [7, 11) is 0. The lowest BCUT2D eigenvalue weighted by Gasteiger charge is -2.10. The molecule has 5 aromatic rings. The van der Waals surface area contributed by atoms with Gasteiger partial charge in [0.25, 0.3) is 0 Å². The first-order valence-electron chi connectivity index (χ1n) is 9.76. The molecule has 5 rings (SSSR count). The Morgan fingerprint density at radius 2 is 1.78 bits per heavy atom. The Bertz CT molecular complexity index is 1460. The largest absolute Gasteiger partial charge is 0.281 e. The molecule has 0 aliphatic heterocycles. The van der Waals surface area contributed by atoms with Gasteiger partial charge in [0.05, 0.1) is 33.7 Å². The standard InChI is InChI=1S/C23H16Cl2N6O/c24-19-9-8-16(11-20(19)25)31-23-18(12-28-31)22(26-13-27-23)30-29-21(32)10-15-6-3-5-14-4-1-2-7-17(14)15/h1-9,11-13H,10H2,(H,29,32)(H,26,27,30). The third-order valence-corrected chi connectivity index (χ3v) is 5.80. The van der Waals surface area contributed by atoms with E-state index >= 15 is 0 Å². The van der Waals surface area contributed by atoms with Crippen LogP contribution in [-0.2, 0) is 11.2 Å². The summed E-state index contributed by atoms with van der Waals surface area (Å²) in [6, 6.07) is 19.1. The molecule has 0 radical (unpaired) electrons. The molecule has 1 amide bonds. The van der Waals surface area contributed by atoms with Crippen molar-refractivity contribution in [1.82, 2.24) is 25.2 Å². The molecule has 0 fully saturated rings. The third-order valence-electron chi connectivity index (χ3n) is 5.06. The number of halogens is 2. The number of nitrogens with one attached hydrogen (secondary N) is 2. The van der Waals surface area contributed by atoms with E-state index in [0.29, 0.717) is 32.6 Å². The summed E-state index contributed by atoms with van der Waals surface area (Å²) in [5.74, 6) is 0.248. The molecule has 158 valence electrons. The van der Waals surface area contributed by atoms with E-state index in [0.717, 1.165) is 16.3 Å². The molecule has 0 saturated carbocycles. The van der Waals surface area contributed by atoms with Gasteiger partial charge in [-0.1, -0.05) is 65.7 Å². The maximum Gasteiger partial charge on any atom is 0.242 e. The Hall–Kier alpha value is -3.68. The number of carbonyl (C=O) groups is 1. The first kappa shape index (κ1) is 20.2. The number of fused-ring (bicyclic) bond motifs is 2. The highest BCUT2D eigenvalue weighted by Gasteiger charge is 2.13. The van der Waals surface area contributed by atoms with Crippen molar-refractivity contribution in [3.8, 4) is 5.69 Å². The third kappa shape index (κ3) is 3.84. The van der Waals surface area contributed by atoms with Crippen LogP contribution in [0.1, 0.15) is 5.56 Å². The minimum atomic E-state index is -0.190. The van der Waals surface area contributed by atoms with E-state index in [9.17, 15) is 4.79 Å². The zero-order valence-corrected chi connectivity index (χ0v) is 18.1. The molecule has 2 aromatic heterocycles. The molecule has 0 aliphatic rings. The highest BCUT2D eigenvalue weighted by Crippen LogP contribution is 2.27. The second-order valence-corrected chi connectivity index (χ2v) is 7.92.